The monoisotopic (exact) mass is 399 g/mol. The van der Waals surface area contributed by atoms with Crippen molar-refractivity contribution >= 4 is 11.8 Å². The molecule has 2 aromatic carbocycles. The number of methoxy groups -OCH3 is 1. The quantitative estimate of drug-likeness (QED) is 0.723. The van der Waals surface area contributed by atoms with Crippen LogP contribution in [0, 0.1) is 5.82 Å². The first kappa shape index (κ1) is 19.0. The van der Waals surface area contributed by atoms with Crippen molar-refractivity contribution in [1.82, 2.24) is 14.8 Å². The van der Waals surface area contributed by atoms with E-state index in [-0.39, 0.29) is 17.2 Å². The summed E-state index contributed by atoms with van der Waals surface area (Å²) < 4.78 is 20.7. The second-order valence-electron chi connectivity index (χ2n) is 7.15. The Hall–Kier alpha value is -2.38. The van der Waals surface area contributed by atoms with Crippen LogP contribution < -0.4 is 4.74 Å². The number of hydrogen-bond acceptors (Lipinski definition) is 5. The van der Waals surface area contributed by atoms with Crippen LogP contribution in [0.5, 0.6) is 5.75 Å². The molecule has 5 nitrogen and oxygen atoms in total. The summed E-state index contributed by atoms with van der Waals surface area (Å²) in [4.78, 5) is 0. The summed E-state index contributed by atoms with van der Waals surface area (Å²) in [6, 6.07) is 12.3. The van der Waals surface area contributed by atoms with E-state index in [2.05, 4.69) is 21.7 Å². The minimum absolute atomic E-state index is 0.107. The lowest BCUT2D eigenvalue weighted by molar-refractivity contribution is 0.254. The maximum absolute atomic E-state index is 13.2. The number of aliphatic hydroxyl groups excluding tert-OH is 1. The second-order valence-corrected chi connectivity index (χ2v) is 8.83. The topological polar surface area (TPSA) is 60.2 Å². The number of fused-ring (bicyclic) bond motifs is 1. The van der Waals surface area contributed by atoms with E-state index in [1.165, 1.54) is 12.1 Å². The SMILES string of the molecule is COc1cc(-c2ccc(F)cc2)ccc1-c1nnc2n1CCSC(C)(CO)C2. The molecule has 2 heterocycles. The first-order chi connectivity index (χ1) is 13.5. The lowest BCUT2D eigenvalue weighted by Crippen LogP contribution is -2.28. The van der Waals surface area contributed by atoms with Crippen molar-refractivity contribution in [1.29, 1.82) is 0 Å². The fourth-order valence-corrected chi connectivity index (χ4v) is 4.56. The molecule has 0 bridgehead atoms. The largest absolute Gasteiger partial charge is 0.496 e. The maximum atomic E-state index is 13.2. The van der Waals surface area contributed by atoms with Crippen molar-refractivity contribution in [3.05, 3.63) is 54.1 Å². The number of aliphatic hydroxyl groups is 1. The van der Waals surface area contributed by atoms with Crippen molar-refractivity contribution in [2.75, 3.05) is 19.5 Å². The van der Waals surface area contributed by atoms with Crippen molar-refractivity contribution in [2.45, 2.75) is 24.6 Å². The number of ether oxygens (including phenoxy) is 1. The van der Waals surface area contributed by atoms with Crippen molar-refractivity contribution < 1.29 is 14.2 Å². The molecule has 1 unspecified atom stereocenters. The molecule has 1 aliphatic heterocycles. The lowest BCUT2D eigenvalue weighted by Gasteiger charge is -2.23. The molecule has 3 aromatic rings. The normalized spacial score (nSPS) is 19.1. The molecular weight excluding hydrogens is 377 g/mol. The van der Waals surface area contributed by atoms with Gasteiger partial charge in [-0.2, -0.15) is 11.8 Å². The Morgan fingerprint density at radius 2 is 1.93 bits per heavy atom. The number of nitrogens with zero attached hydrogens (tertiary/aromatic N) is 3. The van der Waals surface area contributed by atoms with E-state index in [1.54, 1.807) is 31.0 Å². The number of rotatable bonds is 4. The van der Waals surface area contributed by atoms with E-state index >= 15 is 0 Å². The van der Waals surface area contributed by atoms with Crippen molar-refractivity contribution in [2.24, 2.45) is 0 Å². The number of benzene rings is 2. The van der Waals surface area contributed by atoms with Crippen LogP contribution >= 0.6 is 11.8 Å². The lowest BCUT2D eigenvalue weighted by atomic mass is 10.0. The molecule has 146 valence electrons. The number of halogens is 1. The summed E-state index contributed by atoms with van der Waals surface area (Å²) in [5.74, 6) is 2.96. The molecule has 0 spiro atoms. The van der Waals surface area contributed by atoms with Crippen LogP contribution in [0.25, 0.3) is 22.5 Å². The highest BCUT2D eigenvalue weighted by molar-refractivity contribution is 8.00. The fraction of sp³-hybridized carbons (Fsp3) is 0.333. The van der Waals surface area contributed by atoms with Crippen LogP contribution in [-0.4, -0.2) is 44.1 Å². The third-order valence-electron chi connectivity index (χ3n) is 5.08. The molecule has 0 radical (unpaired) electrons. The first-order valence-electron chi connectivity index (χ1n) is 9.14. The predicted molar refractivity (Wildman–Crippen MR) is 109 cm³/mol. The fourth-order valence-electron chi connectivity index (χ4n) is 3.47. The van der Waals surface area contributed by atoms with E-state index in [9.17, 15) is 9.50 Å². The van der Waals surface area contributed by atoms with E-state index in [4.69, 9.17) is 4.74 Å². The Morgan fingerprint density at radius 1 is 1.18 bits per heavy atom. The zero-order valence-corrected chi connectivity index (χ0v) is 16.7. The molecular formula is C21H22FN3O2S. The second kappa shape index (κ2) is 7.56. The summed E-state index contributed by atoms with van der Waals surface area (Å²) in [7, 11) is 1.63. The van der Waals surface area contributed by atoms with Crippen LogP contribution in [0.2, 0.25) is 0 Å². The minimum atomic E-state index is -0.258. The molecule has 0 amide bonds. The molecule has 28 heavy (non-hydrogen) atoms. The van der Waals surface area contributed by atoms with Crippen LogP contribution in [0.4, 0.5) is 4.39 Å². The third-order valence-corrected chi connectivity index (χ3v) is 6.44. The summed E-state index contributed by atoms with van der Waals surface area (Å²) in [5.41, 5.74) is 2.73. The van der Waals surface area contributed by atoms with Gasteiger partial charge in [0.2, 0.25) is 0 Å². The van der Waals surface area contributed by atoms with E-state index in [0.717, 1.165) is 40.6 Å². The molecule has 1 atom stereocenters. The van der Waals surface area contributed by atoms with Gasteiger partial charge in [0.1, 0.15) is 17.4 Å². The van der Waals surface area contributed by atoms with Crippen LogP contribution in [0.3, 0.4) is 0 Å². The predicted octanol–water partition coefficient (Wildman–Crippen LogP) is 3.80. The standard InChI is InChI=1S/C21H22FN3O2S/c1-21(13-26)12-19-23-24-20(25(19)9-10-28-21)17-8-5-15(11-18(17)27-2)14-3-6-16(22)7-4-14/h3-8,11,26H,9-10,12-13H2,1-2H3. The van der Waals surface area contributed by atoms with Crippen LogP contribution in [0.15, 0.2) is 42.5 Å². The van der Waals surface area contributed by atoms with Gasteiger partial charge in [-0.3, -0.25) is 0 Å². The summed E-state index contributed by atoms with van der Waals surface area (Å²) >= 11 is 1.76. The van der Waals surface area contributed by atoms with Crippen LogP contribution in [0.1, 0.15) is 12.7 Å². The first-order valence-corrected chi connectivity index (χ1v) is 10.1. The van der Waals surface area contributed by atoms with E-state index < -0.39 is 0 Å². The van der Waals surface area contributed by atoms with Gasteiger partial charge in [-0.15, -0.1) is 10.2 Å². The molecule has 7 heteroatoms. The van der Waals surface area contributed by atoms with Gasteiger partial charge in [0.05, 0.1) is 19.3 Å². The molecule has 0 fully saturated rings. The number of thioether (sulfide) groups is 1. The van der Waals surface area contributed by atoms with E-state index in [1.807, 2.05) is 18.2 Å². The zero-order chi connectivity index (χ0) is 19.7. The summed E-state index contributed by atoms with van der Waals surface area (Å²) in [6.45, 7) is 2.94. The van der Waals surface area contributed by atoms with Crippen LogP contribution in [-0.2, 0) is 13.0 Å². The number of aromatic nitrogens is 3. The van der Waals surface area contributed by atoms with Gasteiger partial charge in [0, 0.05) is 23.5 Å². The zero-order valence-electron chi connectivity index (χ0n) is 15.9. The minimum Gasteiger partial charge on any atom is -0.496 e. The average molecular weight is 399 g/mol. The van der Waals surface area contributed by atoms with E-state index in [0.29, 0.717) is 12.2 Å². The van der Waals surface area contributed by atoms with Gasteiger partial charge in [-0.05, 0) is 42.3 Å². The Labute approximate surface area is 167 Å². The van der Waals surface area contributed by atoms with Gasteiger partial charge >= 0.3 is 0 Å². The molecule has 1 aliphatic rings. The molecule has 1 aromatic heterocycles. The Balaban J connectivity index is 1.73. The van der Waals surface area contributed by atoms with Gasteiger partial charge < -0.3 is 14.4 Å². The highest BCUT2D eigenvalue weighted by Gasteiger charge is 2.31. The summed E-state index contributed by atoms with van der Waals surface area (Å²) in [6.07, 6.45) is 0.664. The van der Waals surface area contributed by atoms with Gasteiger partial charge in [0.25, 0.3) is 0 Å². The van der Waals surface area contributed by atoms with Crippen molar-refractivity contribution in [3.63, 3.8) is 0 Å². The maximum Gasteiger partial charge on any atom is 0.167 e. The summed E-state index contributed by atoms with van der Waals surface area (Å²) in [5, 5.41) is 18.6. The van der Waals surface area contributed by atoms with Gasteiger partial charge in [-0.1, -0.05) is 18.2 Å². The average Bonchev–Trinajstić information content (AvgIpc) is 3.01. The molecule has 0 saturated heterocycles. The molecule has 1 N–H and O–H groups in total. The Kier molecular flexibility index (Phi) is 5.12. The Bertz CT molecular complexity index is 990. The Morgan fingerprint density at radius 3 is 2.64 bits per heavy atom. The highest BCUT2D eigenvalue weighted by Crippen LogP contribution is 2.37. The molecule has 0 aliphatic carbocycles. The highest BCUT2D eigenvalue weighted by atomic mass is 32.2. The molecule has 4 rings (SSSR count). The van der Waals surface area contributed by atoms with Gasteiger partial charge in [0.15, 0.2) is 5.82 Å². The number of hydrogen-bond donors (Lipinski definition) is 1. The molecule has 0 saturated carbocycles. The van der Waals surface area contributed by atoms with Crippen molar-refractivity contribution in [3.8, 4) is 28.3 Å². The smallest absolute Gasteiger partial charge is 0.167 e. The third kappa shape index (κ3) is 3.52. The van der Waals surface area contributed by atoms with Gasteiger partial charge in [-0.25, -0.2) is 4.39 Å².